The molecule has 7 heteroatoms. The Labute approximate surface area is 124 Å². The molecule has 1 aromatic rings. The number of ether oxygens (including phenoxy) is 1. The van der Waals surface area contributed by atoms with E-state index >= 15 is 0 Å². The number of rotatable bonds is 6. The van der Waals surface area contributed by atoms with Crippen molar-refractivity contribution in [1.82, 2.24) is 4.72 Å². The predicted octanol–water partition coefficient (Wildman–Crippen LogP) is 1.42. The molecular weight excluding hydrogens is 292 g/mol. The fraction of sp³-hybridized carbons (Fsp3) is 0.429. The Balaban J connectivity index is 3.18. The van der Waals surface area contributed by atoms with Gasteiger partial charge in [-0.25, -0.2) is 8.42 Å². The predicted molar refractivity (Wildman–Crippen MR) is 76.7 cm³/mol. The van der Waals surface area contributed by atoms with E-state index in [0.29, 0.717) is 6.42 Å². The van der Waals surface area contributed by atoms with Gasteiger partial charge in [0, 0.05) is 0 Å². The summed E-state index contributed by atoms with van der Waals surface area (Å²) in [5.41, 5.74) is 0.0257. The lowest BCUT2D eigenvalue weighted by Crippen LogP contribution is -2.45. The third kappa shape index (κ3) is 4.03. The largest absolute Gasteiger partial charge is 0.468 e. The number of benzene rings is 1. The molecule has 1 N–H and O–H groups in total. The highest BCUT2D eigenvalue weighted by Gasteiger charge is 2.31. The van der Waals surface area contributed by atoms with Crippen molar-refractivity contribution in [3.63, 3.8) is 0 Å². The molecule has 0 saturated heterocycles. The Kier molecular flexibility index (Phi) is 5.88. The molecular formula is C14H18N2O4S. The summed E-state index contributed by atoms with van der Waals surface area (Å²) in [6.07, 6.45) is 0.599. The van der Waals surface area contributed by atoms with E-state index in [1.807, 2.05) is 13.0 Å². The highest BCUT2D eigenvalue weighted by Crippen LogP contribution is 2.17. The summed E-state index contributed by atoms with van der Waals surface area (Å²) in [6, 6.07) is 6.66. The van der Waals surface area contributed by atoms with Gasteiger partial charge in [-0.3, -0.25) is 4.79 Å². The zero-order valence-corrected chi connectivity index (χ0v) is 13.0. The average Bonchev–Trinajstić information content (AvgIpc) is 2.51. The van der Waals surface area contributed by atoms with Crippen molar-refractivity contribution in [3.05, 3.63) is 29.8 Å². The van der Waals surface area contributed by atoms with E-state index < -0.39 is 22.0 Å². The molecule has 0 radical (unpaired) electrons. The third-order valence-electron chi connectivity index (χ3n) is 3.25. The third-order valence-corrected chi connectivity index (χ3v) is 4.75. The molecule has 0 spiro atoms. The van der Waals surface area contributed by atoms with Crippen molar-refractivity contribution >= 4 is 16.0 Å². The van der Waals surface area contributed by atoms with Gasteiger partial charge in [0.25, 0.3) is 0 Å². The second kappa shape index (κ2) is 7.20. The van der Waals surface area contributed by atoms with Gasteiger partial charge in [0.15, 0.2) is 0 Å². The molecule has 114 valence electrons. The van der Waals surface area contributed by atoms with E-state index in [4.69, 9.17) is 5.26 Å². The van der Waals surface area contributed by atoms with Crippen LogP contribution in [-0.2, 0) is 19.6 Å². The van der Waals surface area contributed by atoms with Crippen molar-refractivity contribution in [2.24, 2.45) is 5.92 Å². The zero-order valence-electron chi connectivity index (χ0n) is 12.2. The fourth-order valence-corrected chi connectivity index (χ4v) is 3.23. The first-order chi connectivity index (χ1) is 9.87. The number of nitrogens with zero attached hydrogens (tertiary/aromatic N) is 1. The van der Waals surface area contributed by atoms with Crippen LogP contribution in [0, 0.1) is 17.2 Å². The molecule has 0 aliphatic rings. The van der Waals surface area contributed by atoms with Crippen LogP contribution in [0.5, 0.6) is 0 Å². The number of carbonyl (C=O) groups excluding carboxylic acids is 1. The normalized spacial score (nSPS) is 14.0. The van der Waals surface area contributed by atoms with Gasteiger partial charge in [-0.15, -0.1) is 0 Å². The Hall–Kier alpha value is -1.91. The van der Waals surface area contributed by atoms with Crippen LogP contribution in [-0.4, -0.2) is 27.5 Å². The molecule has 0 unspecified atom stereocenters. The molecule has 0 aromatic heterocycles. The van der Waals surface area contributed by atoms with E-state index in [-0.39, 0.29) is 16.4 Å². The van der Waals surface area contributed by atoms with E-state index in [2.05, 4.69) is 9.46 Å². The van der Waals surface area contributed by atoms with Crippen LogP contribution in [0.1, 0.15) is 25.8 Å². The number of hydrogen-bond acceptors (Lipinski definition) is 5. The van der Waals surface area contributed by atoms with Crippen molar-refractivity contribution in [2.75, 3.05) is 7.11 Å². The van der Waals surface area contributed by atoms with Gasteiger partial charge in [0.2, 0.25) is 10.0 Å². The molecule has 21 heavy (non-hydrogen) atoms. The number of nitriles is 1. The number of nitrogens with one attached hydrogen (secondary N) is 1. The summed E-state index contributed by atoms with van der Waals surface area (Å²) in [6.45, 7) is 3.60. The lowest BCUT2D eigenvalue weighted by atomic mass is 10.0. The van der Waals surface area contributed by atoms with Crippen LogP contribution in [0.3, 0.4) is 0 Å². The fourth-order valence-electron chi connectivity index (χ4n) is 1.78. The van der Waals surface area contributed by atoms with Crippen LogP contribution in [0.4, 0.5) is 0 Å². The minimum absolute atomic E-state index is 0.0257. The van der Waals surface area contributed by atoms with Crippen molar-refractivity contribution in [2.45, 2.75) is 31.2 Å². The Morgan fingerprint density at radius 3 is 2.57 bits per heavy atom. The van der Waals surface area contributed by atoms with E-state index in [9.17, 15) is 13.2 Å². The van der Waals surface area contributed by atoms with Gasteiger partial charge in [0.05, 0.1) is 17.6 Å². The van der Waals surface area contributed by atoms with Gasteiger partial charge in [-0.2, -0.15) is 9.98 Å². The highest BCUT2D eigenvalue weighted by molar-refractivity contribution is 7.89. The molecule has 6 nitrogen and oxygen atoms in total. The summed E-state index contributed by atoms with van der Waals surface area (Å²) in [5.74, 6) is -0.885. The summed E-state index contributed by atoms with van der Waals surface area (Å²) in [5, 5.41) is 8.99. The second-order valence-electron chi connectivity index (χ2n) is 4.62. The number of carbonyl (C=O) groups is 1. The molecule has 0 heterocycles. The number of sulfonamides is 1. The van der Waals surface area contributed by atoms with Crippen LogP contribution >= 0.6 is 0 Å². The molecule has 0 bridgehead atoms. The second-order valence-corrected chi connectivity index (χ2v) is 6.30. The first kappa shape index (κ1) is 17.1. The Morgan fingerprint density at radius 2 is 2.05 bits per heavy atom. The lowest BCUT2D eigenvalue weighted by Gasteiger charge is -2.21. The minimum atomic E-state index is -3.99. The van der Waals surface area contributed by atoms with Gasteiger partial charge in [-0.1, -0.05) is 32.4 Å². The summed E-state index contributed by atoms with van der Waals surface area (Å²) < 4.78 is 31.8. The number of hydrogen-bond donors (Lipinski definition) is 1. The number of methoxy groups -OCH3 is 1. The van der Waals surface area contributed by atoms with Gasteiger partial charge in [0.1, 0.15) is 12.1 Å². The highest BCUT2D eigenvalue weighted by atomic mass is 32.2. The maximum Gasteiger partial charge on any atom is 0.324 e. The van der Waals surface area contributed by atoms with E-state index in [1.54, 1.807) is 13.0 Å². The Morgan fingerprint density at radius 1 is 1.43 bits per heavy atom. The quantitative estimate of drug-likeness (QED) is 0.802. The summed E-state index contributed by atoms with van der Waals surface area (Å²) in [4.78, 5) is 11.6. The standard InChI is InChI=1S/C14H18N2O4S/c1-4-10(2)13(14(17)20-3)16-21(18,19)12-8-6-5-7-11(12)9-15/h5-8,10,13,16H,4H2,1-3H3/t10-,13+/m0/s1. The van der Waals surface area contributed by atoms with Crippen molar-refractivity contribution in [3.8, 4) is 6.07 Å². The van der Waals surface area contributed by atoms with Gasteiger partial charge in [-0.05, 0) is 18.1 Å². The molecule has 1 aromatic carbocycles. The topological polar surface area (TPSA) is 96.3 Å². The maximum absolute atomic E-state index is 12.4. The smallest absolute Gasteiger partial charge is 0.324 e. The molecule has 0 fully saturated rings. The molecule has 0 amide bonds. The number of esters is 1. The van der Waals surface area contributed by atoms with Gasteiger partial charge < -0.3 is 4.74 Å². The van der Waals surface area contributed by atoms with Crippen LogP contribution in [0.2, 0.25) is 0 Å². The molecule has 0 aliphatic carbocycles. The van der Waals surface area contributed by atoms with E-state index in [1.165, 1.54) is 25.3 Å². The van der Waals surface area contributed by atoms with Crippen molar-refractivity contribution in [1.29, 1.82) is 5.26 Å². The van der Waals surface area contributed by atoms with Gasteiger partial charge >= 0.3 is 5.97 Å². The first-order valence-corrected chi connectivity index (χ1v) is 7.95. The maximum atomic E-state index is 12.4. The van der Waals surface area contributed by atoms with Crippen molar-refractivity contribution < 1.29 is 17.9 Å². The molecule has 1 rings (SSSR count). The monoisotopic (exact) mass is 310 g/mol. The summed E-state index contributed by atoms with van der Waals surface area (Å²) >= 11 is 0. The van der Waals surface area contributed by atoms with Crippen LogP contribution < -0.4 is 4.72 Å². The Bertz CT molecular complexity index is 649. The first-order valence-electron chi connectivity index (χ1n) is 6.46. The van der Waals surface area contributed by atoms with Crippen LogP contribution in [0.15, 0.2) is 29.2 Å². The average molecular weight is 310 g/mol. The van der Waals surface area contributed by atoms with Crippen LogP contribution in [0.25, 0.3) is 0 Å². The molecule has 2 atom stereocenters. The van der Waals surface area contributed by atoms with E-state index in [0.717, 1.165) is 0 Å². The summed E-state index contributed by atoms with van der Waals surface area (Å²) in [7, 11) is -2.78. The zero-order chi connectivity index (χ0) is 16.0. The molecule has 0 saturated carbocycles. The molecule has 0 aliphatic heterocycles. The minimum Gasteiger partial charge on any atom is -0.468 e. The SMILES string of the molecule is CC[C@H](C)[C@@H](NS(=O)(=O)c1ccccc1C#N)C(=O)OC. The lowest BCUT2D eigenvalue weighted by molar-refractivity contribution is -0.143.